The Morgan fingerprint density at radius 3 is 2.89 bits per heavy atom. The first-order chi connectivity index (χ1) is 13.6. The lowest BCUT2D eigenvalue weighted by molar-refractivity contribution is 0.215. The maximum absolute atomic E-state index is 12.7. The SMILES string of the molecule is Cc1ccc(N(N)C(=O)N2CC[C@H](N=O)C2)cc1-c1ccc2c(c1)=CNCC=2. The molecule has 2 amide bonds. The number of amides is 2. The number of carbonyl (C=O) groups excluding carboxylic acids is 1. The molecule has 0 saturated carbocycles. The Labute approximate surface area is 163 Å². The highest BCUT2D eigenvalue weighted by Gasteiger charge is 2.29. The molecule has 1 fully saturated rings. The molecule has 2 aromatic rings. The van der Waals surface area contributed by atoms with E-state index in [1.54, 1.807) is 4.90 Å². The molecule has 0 aliphatic carbocycles. The fraction of sp³-hybridized carbons (Fsp3) is 0.286. The standard InChI is InChI=1S/C21H23N5O2/c1-14-2-5-19(26(22)21(27)25-9-7-18(13-25)24-28)11-20(14)16-4-3-15-6-8-23-12-17(15)10-16/h2-6,10-12,18,23H,7-9,13,22H2,1H3/t18-/m0/s1. The summed E-state index contributed by atoms with van der Waals surface area (Å²) in [4.78, 5) is 25.0. The maximum atomic E-state index is 12.7. The third kappa shape index (κ3) is 3.36. The number of nitrogens with two attached hydrogens (primary N) is 1. The van der Waals surface area contributed by atoms with Crippen LogP contribution >= 0.6 is 0 Å². The van der Waals surface area contributed by atoms with Crippen molar-refractivity contribution >= 4 is 24.0 Å². The minimum Gasteiger partial charge on any atom is -0.387 e. The van der Waals surface area contributed by atoms with E-state index in [4.69, 9.17) is 5.84 Å². The average Bonchev–Trinajstić information content (AvgIpc) is 3.22. The lowest BCUT2D eigenvalue weighted by Crippen LogP contribution is -2.46. The van der Waals surface area contributed by atoms with E-state index in [-0.39, 0.29) is 12.1 Å². The number of anilines is 1. The number of aryl methyl sites for hydroxylation is 1. The van der Waals surface area contributed by atoms with Gasteiger partial charge in [0.15, 0.2) is 0 Å². The molecule has 4 rings (SSSR count). The van der Waals surface area contributed by atoms with Crippen LogP contribution in [0.3, 0.4) is 0 Å². The van der Waals surface area contributed by atoms with Crippen molar-refractivity contribution in [2.24, 2.45) is 11.0 Å². The van der Waals surface area contributed by atoms with Crippen molar-refractivity contribution < 1.29 is 4.79 Å². The van der Waals surface area contributed by atoms with Gasteiger partial charge in [0.1, 0.15) is 6.04 Å². The normalized spacial score (nSPS) is 17.8. The summed E-state index contributed by atoms with van der Waals surface area (Å²) in [7, 11) is 0. The summed E-state index contributed by atoms with van der Waals surface area (Å²) >= 11 is 0. The predicted molar refractivity (Wildman–Crippen MR) is 111 cm³/mol. The molecular weight excluding hydrogens is 354 g/mol. The Bertz CT molecular complexity index is 1050. The van der Waals surface area contributed by atoms with Crippen LogP contribution in [0.15, 0.2) is 41.6 Å². The number of hydrogen-bond donors (Lipinski definition) is 2. The Balaban J connectivity index is 1.64. The van der Waals surface area contributed by atoms with Gasteiger partial charge in [-0.1, -0.05) is 29.5 Å². The summed E-state index contributed by atoms with van der Waals surface area (Å²) in [6, 6.07) is 11.4. The smallest absolute Gasteiger partial charge is 0.338 e. The average molecular weight is 377 g/mol. The fourth-order valence-corrected chi connectivity index (χ4v) is 3.73. The predicted octanol–water partition coefficient (Wildman–Crippen LogP) is 1.42. The van der Waals surface area contributed by atoms with Gasteiger partial charge in [-0.2, -0.15) is 4.91 Å². The van der Waals surface area contributed by atoms with Crippen LogP contribution < -0.4 is 26.6 Å². The number of fused-ring (bicyclic) bond motifs is 1. The summed E-state index contributed by atoms with van der Waals surface area (Å²) < 4.78 is 0. The molecule has 3 N–H and O–H groups in total. The first kappa shape index (κ1) is 18.2. The van der Waals surface area contributed by atoms with Crippen molar-refractivity contribution in [2.75, 3.05) is 24.6 Å². The zero-order valence-electron chi connectivity index (χ0n) is 15.8. The summed E-state index contributed by atoms with van der Waals surface area (Å²) in [5, 5.41) is 9.76. The molecule has 144 valence electrons. The summed E-state index contributed by atoms with van der Waals surface area (Å²) in [5.74, 6) is 6.13. The van der Waals surface area contributed by atoms with Gasteiger partial charge >= 0.3 is 6.03 Å². The third-order valence-electron chi connectivity index (χ3n) is 5.38. The first-order valence-electron chi connectivity index (χ1n) is 9.38. The van der Waals surface area contributed by atoms with Crippen LogP contribution in [-0.2, 0) is 0 Å². The van der Waals surface area contributed by atoms with Gasteiger partial charge in [-0.05, 0) is 58.7 Å². The molecule has 0 spiro atoms. The molecule has 7 nitrogen and oxygen atoms in total. The number of nitrogens with zero attached hydrogens (tertiary/aromatic N) is 3. The molecule has 7 heteroatoms. The van der Waals surface area contributed by atoms with Crippen LogP contribution in [0, 0.1) is 11.8 Å². The lowest BCUT2D eigenvalue weighted by Gasteiger charge is -2.24. The largest absolute Gasteiger partial charge is 0.387 e. The van der Waals surface area contributed by atoms with Gasteiger partial charge in [0.2, 0.25) is 0 Å². The van der Waals surface area contributed by atoms with Crippen molar-refractivity contribution in [1.29, 1.82) is 0 Å². The van der Waals surface area contributed by atoms with E-state index < -0.39 is 0 Å². The fourth-order valence-electron chi connectivity index (χ4n) is 3.73. The highest BCUT2D eigenvalue weighted by Crippen LogP contribution is 2.27. The second-order valence-electron chi connectivity index (χ2n) is 7.25. The number of nitrogens with one attached hydrogen (secondary N) is 1. The summed E-state index contributed by atoms with van der Waals surface area (Å²) in [6.07, 6.45) is 4.75. The van der Waals surface area contributed by atoms with Crippen LogP contribution in [0.1, 0.15) is 12.0 Å². The zero-order chi connectivity index (χ0) is 19.7. The van der Waals surface area contributed by atoms with E-state index in [1.807, 2.05) is 31.3 Å². The molecule has 0 aromatic heterocycles. The van der Waals surface area contributed by atoms with Gasteiger partial charge < -0.3 is 10.2 Å². The molecule has 2 aliphatic heterocycles. The Kier molecular flexibility index (Phi) is 4.83. The molecule has 1 atom stereocenters. The van der Waals surface area contributed by atoms with E-state index in [2.05, 4.69) is 34.8 Å². The maximum Gasteiger partial charge on any atom is 0.338 e. The second-order valence-corrected chi connectivity index (χ2v) is 7.25. The van der Waals surface area contributed by atoms with E-state index >= 15 is 0 Å². The number of likely N-dealkylation sites (tertiary alicyclic amines) is 1. The number of carbonyl (C=O) groups is 1. The van der Waals surface area contributed by atoms with Gasteiger partial charge in [-0.3, -0.25) is 0 Å². The van der Waals surface area contributed by atoms with Crippen molar-refractivity contribution in [2.45, 2.75) is 19.4 Å². The van der Waals surface area contributed by atoms with Crippen molar-refractivity contribution in [3.8, 4) is 11.1 Å². The van der Waals surface area contributed by atoms with Gasteiger partial charge in [-0.15, -0.1) is 0 Å². The second kappa shape index (κ2) is 7.44. The number of urea groups is 1. The quantitative estimate of drug-likeness (QED) is 0.366. The van der Waals surface area contributed by atoms with E-state index in [9.17, 15) is 9.70 Å². The minimum absolute atomic E-state index is 0.318. The summed E-state index contributed by atoms with van der Waals surface area (Å²) in [6.45, 7) is 3.68. The molecule has 0 bridgehead atoms. The van der Waals surface area contributed by atoms with E-state index in [0.717, 1.165) is 33.5 Å². The molecule has 0 radical (unpaired) electrons. The monoisotopic (exact) mass is 377 g/mol. The molecular formula is C21H23N5O2. The van der Waals surface area contributed by atoms with E-state index in [1.165, 1.54) is 5.22 Å². The molecule has 2 heterocycles. The van der Waals surface area contributed by atoms with Crippen molar-refractivity contribution in [1.82, 2.24) is 10.2 Å². The van der Waals surface area contributed by atoms with Crippen LogP contribution in [0.4, 0.5) is 10.5 Å². The third-order valence-corrected chi connectivity index (χ3v) is 5.38. The topological polar surface area (TPSA) is 91.0 Å². The van der Waals surface area contributed by atoms with Gasteiger partial charge in [0, 0.05) is 25.8 Å². The van der Waals surface area contributed by atoms with E-state index in [0.29, 0.717) is 25.2 Å². The molecule has 2 aromatic carbocycles. The van der Waals surface area contributed by atoms with Crippen LogP contribution in [0.25, 0.3) is 23.4 Å². The zero-order valence-corrected chi connectivity index (χ0v) is 15.8. The molecule has 28 heavy (non-hydrogen) atoms. The number of benzene rings is 2. The molecule has 0 unspecified atom stereocenters. The van der Waals surface area contributed by atoms with Crippen LogP contribution in [0.5, 0.6) is 0 Å². The first-order valence-corrected chi connectivity index (χ1v) is 9.38. The van der Waals surface area contributed by atoms with Crippen LogP contribution in [-0.4, -0.2) is 36.6 Å². The number of nitroso groups, excluding NO2 is 1. The highest BCUT2D eigenvalue weighted by atomic mass is 16.3. The lowest BCUT2D eigenvalue weighted by atomic mass is 9.98. The van der Waals surface area contributed by atoms with Gasteiger partial charge in [-0.25, -0.2) is 15.6 Å². The Morgan fingerprint density at radius 2 is 2.11 bits per heavy atom. The number of hydrogen-bond acceptors (Lipinski definition) is 5. The number of hydrazine groups is 1. The molecule has 1 saturated heterocycles. The Hall–Kier alpha value is -3.19. The van der Waals surface area contributed by atoms with Crippen molar-refractivity contribution in [3.05, 3.63) is 57.3 Å². The Morgan fingerprint density at radius 1 is 1.25 bits per heavy atom. The van der Waals surface area contributed by atoms with Crippen LogP contribution in [0.2, 0.25) is 0 Å². The summed E-state index contributed by atoms with van der Waals surface area (Å²) in [5.41, 5.74) is 3.80. The van der Waals surface area contributed by atoms with Crippen molar-refractivity contribution in [3.63, 3.8) is 0 Å². The van der Waals surface area contributed by atoms with Gasteiger partial charge in [0.05, 0.1) is 5.69 Å². The molecule has 2 aliphatic rings. The highest BCUT2D eigenvalue weighted by molar-refractivity contribution is 5.92. The number of rotatable bonds is 3. The van der Waals surface area contributed by atoms with Gasteiger partial charge in [0.25, 0.3) is 0 Å². The minimum atomic E-state index is -0.344.